The first-order valence-corrected chi connectivity index (χ1v) is 12.0. The fourth-order valence-corrected chi connectivity index (χ4v) is 5.01. The number of urea groups is 1. The molecule has 2 aromatic carbocycles. The number of nitrogens with one attached hydrogen (secondary N) is 2. The summed E-state index contributed by atoms with van der Waals surface area (Å²) in [6.07, 6.45) is 0. The van der Waals surface area contributed by atoms with E-state index in [-0.39, 0.29) is 10.9 Å². The normalized spacial score (nSPS) is 17.9. The van der Waals surface area contributed by atoms with Gasteiger partial charge in [-0.05, 0) is 48.0 Å². The standard InChI is InChI=1S/C22H29N5O3S/c1-3-26-10-12-27(13-11-26)15-17-4-7-20(8-5-17)31(29,30)24-19-6-9-21-18(14-19)16-25(2)22(28)23-21/h4-9,14,24H,3,10-13,15-16H2,1-2H3,(H,23,28). The van der Waals surface area contributed by atoms with Crippen LogP contribution in [0.2, 0.25) is 0 Å². The van der Waals surface area contributed by atoms with Gasteiger partial charge in [0.25, 0.3) is 10.0 Å². The molecule has 0 saturated carbocycles. The Hall–Kier alpha value is -2.62. The summed E-state index contributed by atoms with van der Waals surface area (Å²) in [7, 11) is -2.00. The Kier molecular flexibility index (Phi) is 6.17. The first-order chi connectivity index (χ1) is 14.8. The molecular formula is C22H29N5O3S. The van der Waals surface area contributed by atoms with Crippen molar-refractivity contribution in [3.63, 3.8) is 0 Å². The van der Waals surface area contributed by atoms with Gasteiger partial charge < -0.3 is 15.1 Å². The average Bonchev–Trinajstić information content (AvgIpc) is 2.75. The van der Waals surface area contributed by atoms with E-state index in [9.17, 15) is 13.2 Å². The quantitative estimate of drug-likeness (QED) is 0.717. The third-order valence-corrected chi connectivity index (χ3v) is 7.30. The molecule has 1 fully saturated rings. The first kappa shape index (κ1) is 21.6. The van der Waals surface area contributed by atoms with E-state index in [2.05, 4.69) is 26.8 Å². The Labute approximate surface area is 183 Å². The van der Waals surface area contributed by atoms with Crippen molar-refractivity contribution in [2.45, 2.75) is 24.9 Å². The number of amides is 2. The number of sulfonamides is 1. The second kappa shape index (κ2) is 8.86. The Morgan fingerprint density at radius 2 is 1.68 bits per heavy atom. The maximum atomic E-state index is 12.8. The number of nitrogens with zero attached hydrogens (tertiary/aromatic N) is 3. The highest BCUT2D eigenvalue weighted by atomic mass is 32.2. The Balaban J connectivity index is 1.41. The Morgan fingerprint density at radius 3 is 2.35 bits per heavy atom. The molecule has 0 atom stereocenters. The number of anilines is 2. The maximum absolute atomic E-state index is 12.8. The molecule has 4 rings (SSSR count). The lowest BCUT2D eigenvalue weighted by atomic mass is 10.1. The summed E-state index contributed by atoms with van der Waals surface area (Å²) in [6.45, 7) is 8.74. The monoisotopic (exact) mass is 443 g/mol. The predicted molar refractivity (Wildman–Crippen MR) is 122 cm³/mol. The van der Waals surface area contributed by atoms with Crippen LogP contribution in [0.4, 0.5) is 16.2 Å². The van der Waals surface area contributed by atoms with Crippen LogP contribution >= 0.6 is 0 Å². The van der Waals surface area contributed by atoms with Crippen LogP contribution in [0.5, 0.6) is 0 Å². The number of piperazine rings is 1. The summed E-state index contributed by atoms with van der Waals surface area (Å²) in [5, 5.41) is 2.78. The van der Waals surface area contributed by atoms with Gasteiger partial charge in [-0.3, -0.25) is 9.62 Å². The molecule has 0 aliphatic carbocycles. The van der Waals surface area contributed by atoms with Crippen LogP contribution in [-0.4, -0.2) is 68.9 Å². The highest BCUT2D eigenvalue weighted by Crippen LogP contribution is 2.27. The minimum atomic E-state index is -3.70. The lowest BCUT2D eigenvalue weighted by Crippen LogP contribution is -2.45. The molecule has 2 heterocycles. The van der Waals surface area contributed by atoms with E-state index >= 15 is 0 Å². The number of benzene rings is 2. The third kappa shape index (κ3) is 5.00. The van der Waals surface area contributed by atoms with Crippen molar-refractivity contribution in [2.24, 2.45) is 0 Å². The van der Waals surface area contributed by atoms with Crippen molar-refractivity contribution in [1.29, 1.82) is 0 Å². The minimum Gasteiger partial charge on any atom is -0.323 e. The maximum Gasteiger partial charge on any atom is 0.321 e. The van der Waals surface area contributed by atoms with Gasteiger partial charge in [-0.15, -0.1) is 0 Å². The van der Waals surface area contributed by atoms with Crippen LogP contribution in [0.25, 0.3) is 0 Å². The number of carbonyl (C=O) groups is 1. The molecular weight excluding hydrogens is 414 g/mol. The SMILES string of the molecule is CCN1CCN(Cc2ccc(S(=O)(=O)Nc3ccc4c(c3)CN(C)C(=O)N4)cc2)CC1. The fourth-order valence-electron chi connectivity index (χ4n) is 3.96. The summed E-state index contributed by atoms with van der Waals surface area (Å²) in [5.41, 5.74) is 3.15. The van der Waals surface area contributed by atoms with E-state index in [0.717, 1.165) is 50.4 Å². The fraction of sp³-hybridized carbons (Fsp3) is 0.409. The van der Waals surface area contributed by atoms with Crippen LogP contribution in [0.15, 0.2) is 47.4 Å². The van der Waals surface area contributed by atoms with Crippen molar-refractivity contribution in [1.82, 2.24) is 14.7 Å². The minimum absolute atomic E-state index is 0.173. The van der Waals surface area contributed by atoms with Crippen molar-refractivity contribution in [3.8, 4) is 0 Å². The Bertz CT molecular complexity index is 1050. The van der Waals surface area contributed by atoms with E-state index < -0.39 is 10.0 Å². The third-order valence-electron chi connectivity index (χ3n) is 5.91. The molecule has 2 aromatic rings. The molecule has 166 valence electrons. The lowest BCUT2D eigenvalue weighted by Gasteiger charge is -2.34. The molecule has 9 heteroatoms. The molecule has 2 aliphatic heterocycles. The zero-order chi connectivity index (χ0) is 22.0. The van der Waals surface area contributed by atoms with Crippen LogP contribution in [0, 0.1) is 0 Å². The number of fused-ring (bicyclic) bond motifs is 1. The van der Waals surface area contributed by atoms with E-state index in [0.29, 0.717) is 17.9 Å². The van der Waals surface area contributed by atoms with Crippen molar-refractivity contribution < 1.29 is 13.2 Å². The second-order valence-electron chi connectivity index (χ2n) is 8.12. The van der Waals surface area contributed by atoms with E-state index in [1.165, 1.54) is 0 Å². The van der Waals surface area contributed by atoms with Crippen molar-refractivity contribution >= 4 is 27.4 Å². The topological polar surface area (TPSA) is 85.0 Å². The highest BCUT2D eigenvalue weighted by molar-refractivity contribution is 7.92. The van der Waals surface area contributed by atoms with Gasteiger partial charge in [0, 0.05) is 57.7 Å². The summed E-state index contributed by atoms with van der Waals surface area (Å²) < 4.78 is 28.3. The van der Waals surface area contributed by atoms with E-state index in [1.54, 1.807) is 42.3 Å². The zero-order valence-electron chi connectivity index (χ0n) is 18.0. The molecule has 2 N–H and O–H groups in total. The number of hydrogen-bond donors (Lipinski definition) is 2. The van der Waals surface area contributed by atoms with Crippen molar-refractivity contribution in [3.05, 3.63) is 53.6 Å². The summed E-state index contributed by atoms with van der Waals surface area (Å²) in [6, 6.07) is 12.1. The van der Waals surface area contributed by atoms with E-state index in [4.69, 9.17) is 0 Å². The van der Waals surface area contributed by atoms with Crippen LogP contribution in [0.3, 0.4) is 0 Å². The number of likely N-dealkylation sites (N-methyl/N-ethyl adjacent to an activating group) is 1. The van der Waals surface area contributed by atoms with Gasteiger partial charge in [0.1, 0.15) is 0 Å². The summed E-state index contributed by atoms with van der Waals surface area (Å²) in [5.74, 6) is 0. The lowest BCUT2D eigenvalue weighted by molar-refractivity contribution is 0.132. The van der Waals surface area contributed by atoms with Gasteiger partial charge >= 0.3 is 6.03 Å². The number of carbonyl (C=O) groups excluding carboxylic acids is 1. The van der Waals surface area contributed by atoms with Crippen LogP contribution < -0.4 is 10.0 Å². The summed E-state index contributed by atoms with van der Waals surface area (Å²) in [4.78, 5) is 18.3. The van der Waals surface area contributed by atoms with Gasteiger partial charge in [0.2, 0.25) is 0 Å². The highest BCUT2D eigenvalue weighted by Gasteiger charge is 2.21. The summed E-state index contributed by atoms with van der Waals surface area (Å²) >= 11 is 0. The van der Waals surface area contributed by atoms with Crippen molar-refractivity contribution in [2.75, 3.05) is 49.8 Å². The molecule has 0 unspecified atom stereocenters. The molecule has 1 saturated heterocycles. The predicted octanol–water partition coefficient (Wildman–Crippen LogP) is 2.60. The van der Waals surface area contributed by atoms with Gasteiger partial charge in [0.05, 0.1) is 4.90 Å². The molecule has 2 aliphatic rings. The van der Waals surface area contributed by atoms with E-state index in [1.807, 2.05) is 12.1 Å². The second-order valence-corrected chi connectivity index (χ2v) is 9.80. The molecule has 2 amide bonds. The van der Waals surface area contributed by atoms with Gasteiger partial charge in [-0.2, -0.15) is 0 Å². The Morgan fingerprint density at radius 1 is 1.00 bits per heavy atom. The molecule has 0 bridgehead atoms. The molecule has 31 heavy (non-hydrogen) atoms. The molecule has 0 aromatic heterocycles. The smallest absolute Gasteiger partial charge is 0.321 e. The molecule has 0 radical (unpaired) electrons. The van der Waals surface area contributed by atoms with Gasteiger partial charge in [-0.25, -0.2) is 13.2 Å². The van der Waals surface area contributed by atoms with Gasteiger partial charge in [0.15, 0.2) is 0 Å². The zero-order valence-corrected chi connectivity index (χ0v) is 18.8. The number of rotatable bonds is 6. The molecule has 8 nitrogen and oxygen atoms in total. The first-order valence-electron chi connectivity index (χ1n) is 10.6. The number of hydrogen-bond acceptors (Lipinski definition) is 5. The van der Waals surface area contributed by atoms with Gasteiger partial charge in [-0.1, -0.05) is 19.1 Å². The van der Waals surface area contributed by atoms with Crippen LogP contribution in [0.1, 0.15) is 18.1 Å². The van der Waals surface area contributed by atoms with Crippen LogP contribution in [-0.2, 0) is 23.1 Å². The largest absolute Gasteiger partial charge is 0.323 e. The molecule has 0 spiro atoms. The average molecular weight is 444 g/mol.